The molecule has 0 radical (unpaired) electrons. The summed E-state index contributed by atoms with van der Waals surface area (Å²) in [5.74, 6) is -1.33. The van der Waals surface area contributed by atoms with Crippen LogP contribution in [0.2, 0.25) is 0 Å². The molecule has 0 atom stereocenters. The maximum absolute atomic E-state index is 12.4. The Morgan fingerprint density at radius 2 is 1.16 bits per heavy atom. The minimum Gasteiger partial charge on any atom is -0.507 e. The van der Waals surface area contributed by atoms with Crippen LogP contribution in [0.1, 0.15) is 20.7 Å². The quantitative estimate of drug-likeness (QED) is 0.580. The van der Waals surface area contributed by atoms with Crippen LogP contribution in [-0.2, 0) is 0 Å². The van der Waals surface area contributed by atoms with E-state index in [-0.39, 0.29) is 16.9 Å². The molecule has 124 valence electrons. The summed E-state index contributed by atoms with van der Waals surface area (Å²) in [6.07, 6.45) is 0. The molecular formula is C20H14O5. The molecule has 1 N–H and O–H groups in total. The molecule has 0 amide bonds. The molecule has 0 fully saturated rings. The van der Waals surface area contributed by atoms with E-state index in [4.69, 9.17) is 9.47 Å². The lowest BCUT2D eigenvalue weighted by molar-refractivity contribution is 0.0689. The van der Waals surface area contributed by atoms with Crippen LogP contribution in [0.25, 0.3) is 0 Å². The number of esters is 2. The van der Waals surface area contributed by atoms with Crippen LogP contribution >= 0.6 is 0 Å². The first-order chi connectivity index (χ1) is 12.1. The Balaban J connectivity index is 1.89. The van der Waals surface area contributed by atoms with Crippen molar-refractivity contribution in [1.82, 2.24) is 0 Å². The molecule has 3 aromatic carbocycles. The van der Waals surface area contributed by atoms with Gasteiger partial charge in [-0.2, -0.15) is 0 Å². The van der Waals surface area contributed by atoms with E-state index in [9.17, 15) is 14.7 Å². The molecule has 0 heterocycles. The normalized spacial score (nSPS) is 10.1. The zero-order chi connectivity index (χ0) is 17.6. The van der Waals surface area contributed by atoms with E-state index in [0.29, 0.717) is 11.5 Å². The number of aromatic hydroxyl groups is 1. The average Bonchev–Trinajstić information content (AvgIpc) is 2.63. The van der Waals surface area contributed by atoms with Crippen molar-refractivity contribution < 1.29 is 24.2 Å². The summed E-state index contributed by atoms with van der Waals surface area (Å²) in [5, 5.41) is 10.0. The Kier molecular flexibility index (Phi) is 4.76. The first-order valence-corrected chi connectivity index (χ1v) is 7.51. The molecule has 5 heteroatoms. The zero-order valence-corrected chi connectivity index (χ0v) is 13.1. The van der Waals surface area contributed by atoms with E-state index in [0.717, 1.165) is 0 Å². The SMILES string of the molecule is O=C(Oc1ccccc1)c1cccc(O)c1C(=O)Oc1ccccc1. The number of benzene rings is 3. The van der Waals surface area contributed by atoms with Crippen molar-refractivity contribution in [2.24, 2.45) is 0 Å². The largest absolute Gasteiger partial charge is 0.507 e. The fourth-order valence-corrected chi connectivity index (χ4v) is 2.22. The number of carbonyl (C=O) groups excluding carboxylic acids is 2. The fourth-order valence-electron chi connectivity index (χ4n) is 2.22. The van der Waals surface area contributed by atoms with Gasteiger partial charge in [0.05, 0.1) is 5.56 Å². The van der Waals surface area contributed by atoms with E-state index in [1.54, 1.807) is 60.7 Å². The predicted molar refractivity (Wildman–Crippen MR) is 90.9 cm³/mol. The number of rotatable bonds is 4. The second kappa shape index (κ2) is 7.31. The molecular weight excluding hydrogens is 320 g/mol. The highest BCUT2D eigenvalue weighted by atomic mass is 16.5. The van der Waals surface area contributed by atoms with Crippen molar-refractivity contribution in [3.8, 4) is 17.2 Å². The van der Waals surface area contributed by atoms with E-state index >= 15 is 0 Å². The predicted octanol–water partition coefficient (Wildman–Crippen LogP) is 3.83. The van der Waals surface area contributed by atoms with E-state index in [1.165, 1.54) is 18.2 Å². The number of phenolic OH excluding ortho intramolecular Hbond substituents is 1. The second-order valence-corrected chi connectivity index (χ2v) is 5.10. The number of phenols is 1. The summed E-state index contributed by atoms with van der Waals surface area (Å²) < 4.78 is 10.5. The molecule has 0 unspecified atom stereocenters. The third kappa shape index (κ3) is 3.84. The summed E-state index contributed by atoms with van der Waals surface area (Å²) in [4.78, 5) is 24.8. The van der Waals surface area contributed by atoms with Crippen molar-refractivity contribution in [3.05, 3.63) is 90.0 Å². The summed E-state index contributed by atoms with van der Waals surface area (Å²) >= 11 is 0. The van der Waals surface area contributed by atoms with Gasteiger partial charge in [-0.15, -0.1) is 0 Å². The van der Waals surface area contributed by atoms with Gasteiger partial charge in [-0.05, 0) is 36.4 Å². The van der Waals surface area contributed by atoms with Gasteiger partial charge in [0.25, 0.3) is 0 Å². The monoisotopic (exact) mass is 334 g/mol. The number of hydrogen-bond donors (Lipinski definition) is 1. The highest BCUT2D eigenvalue weighted by Gasteiger charge is 2.24. The standard InChI is InChI=1S/C20H14O5/c21-17-13-7-12-16(19(22)24-14-8-3-1-4-9-14)18(17)20(23)25-15-10-5-2-6-11-15/h1-13,21H. The Morgan fingerprint density at radius 3 is 1.72 bits per heavy atom. The van der Waals surface area contributed by atoms with Gasteiger partial charge in [0, 0.05) is 0 Å². The number of hydrogen-bond acceptors (Lipinski definition) is 5. The first-order valence-electron chi connectivity index (χ1n) is 7.51. The lowest BCUT2D eigenvalue weighted by Gasteiger charge is -2.11. The Bertz CT molecular complexity index is 888. The van der Waals surface area contributed by atoms with Gasteiger partial charge in [-0.1, -0.05) is 42.5 Å². The molecule has 0 aliphatic heterocycles. The molecule has 3 aromatic rings. The summed E-state index contributed by atoms with van der Waals surface area (Å²) in [5.41, 5.74) is -0.322. The third-order valence-corrected chi connectivity index (χ3v) is 3.37. The molecule has 25 heavy (non-hydrogen) atoms. The number of ether oxygens (including phenoxy) is 2. The number of carbonyl (C=O) groups is 2. The molecule has 0 aromatic heterocycles. The highest BCUT2D eigenvalue weighted by molar-refractivity contribution is 6.06. The summed E-state index contributed by atoms with van der Waals surface area (Å²) in [6.45, 7) is 0. The maximum atomic E-state index is 12.4. The van der Waals surface area contributed by atoms with Crippen molar-refractivity contribution in [3.63, 3.8) is 0 Å². The third-order valence-electron chi connectivity index (χ3n) is 3.37. The van der Waals surface area contributed by atoms with E-state index < -0.39 is 11.9 Å². The van der Waals surface area contributed by atoms with Crippen LogP contribution in [0.15, 0.2) is 78.9 Å². The van der Waals surface area contributed by atoms with Crippen molar-refractivity contribution in [2.45, 2.75) is 0 Å². The number of para-hydroxylation sites is 2. The molecule has 5 nitrogen and oxygen atoms in total. The molecule has 0 saturated carbocycles. The first kappa shape index (κ1) is 16.3. The average molecular weight is 334 g/mol. The minimum absolute atomic E-state index is 0.0789. The minimum atomic E-state index is -0.843. The second-order valence-electron chi connectivity index (χ2n) is 5.10. The van der Waals surface area contributed by atoms with E-state index in [2.05, 4.69) is 0 Å². The lowest BCUT2D eigenvalue weighted by atomic mass is 10.1. The van der Waals surface area contributed by atoms with Gasteiger partial charge < -0.3 is 14.6 Å². The van der Waals surface area contributed by atoms with Gasteiger partial charge in [-0.3, -0.25) is 0 Å². The smallest absolute Gasteiger partial charge is 0.348 e. The van der Waals surface area contributed by atoms with Gasteiger partial charge in [0.2, 0.25) is 0 Å². The van der Waals surface area contributed by atoms with Gasteiger partial charge >= 0.3 is 11.9 Å². The topological polar surface area (TPSA) is 72.8 Å². The Labute approximate surface area is 144 Å². The highest BCUT2D eigenvalue weighted by Crippen LogP contribution is 2.25. The van der Waals surface area contributed by atoms with Gasteiger partial charge in [-0.25, -0.2) is 9.59 Å². The molecule has 0 saturated heterocycles. The van der Waals surface area contributed by atoms with Crippen LogP contribution in [-0.4, -0.2) is 17.0 Å². The van der Waals surface area contributed by atoms with Gasteiger partial charge in [0.15, 0.2) is 0 Å². The molecule has 0 bridgehead atoms. The molecule has 0 aliphatic carbocycles. The fraction of sp³-hybridized carbons (Fsp3) is 0. The van der Waals surface area contributed by atoms with Crippen LogP contribution in [0.5, 0.6) is 17.2 Å². The Morgan fingerprint density at radius 1 is 0.640 bits per heavy atom. The molecule has 3 rings (SSSR count). The van der Waals surface area contributed by atoms with E-state index in [1.807, 2.05) is 0 Å². The molecule has 0 aliphatic rings. The van der Waals surface area contributed by atoms with Crippen molar-refractivity contribution >= 4 is 11.9 Å². The van der Waals surface area contributed by atoms with Crippen molar-refractivity contribution in [1.29, 1.82) is 0 Å². The Hall–Kier alpha value is -3.60. The summed E-state index contributed by atoms with van der Waals surface area (Å²) in [7, 11) is 0. The molecule has 0 spiro atoms. The van der Waals surface area contributed by atoms with Crippen LogP contribution in [0.4, 0.5) is 0 Å². The summed E-state index contributed by atoms with van der Waals surface area (Å²) in [6, 6.07) is 21.0. The van der Waals surface area contributed by atoms with Crippen LogP contribution in [0.3, 0.4) is 0 Å². The maximum Gasteiger partial charge on any atom is 0.348 e. The van der Waals surface area contributed by atoms with Crippen LogP contribution < -0.4 is 9.47 Å². The van der Waals surface area contributed by atoms with Crippen LogP contribution in [0, 0.1) is 0 Å². The zero-order valence-electron chi connectivity index (χ0n) is 13.1. The van der Waals surface area contributed by atoms with Crippen molar-refractivity contribution in [2.75, 3.05) is 0 Å². The lowest BCUT2D eigenvalue weighted by Crippen LogP contribution is -2.17. The van der Waals surface area contributed by atoms with Gasteiger partial charge in [0.1, 0.15) is 22.8 Å².